The predicted molar refractivity (Wildman–Crippen MR) is 79.3 cm³/mol. The average molecular weight is 295 g/mol. The Morgan fingerprint density at radius 3 is 2.70 bits per heavy atom. The summed E-state index contributed by atoms with van der Waals surface area (Å²) in [5, 5.41) is 11.1. The topological polar surface area (TPSA) is 57.6 Å². The molecule has 0 saturated heterocycles. The molecule has 5 heteroatoms. The molecular formula is C15H21NO3S. The van der Waals surface area contributed by atoms with E-state index in [9.17, 15) is 14.7 Å². The van der Waals surface area contributed by atoms with Gasteiger partial charge < -0.3 is 10.0 Å². The summed E-state index contributed by atoms with van der Waals surface area (Å²) in [6, 6.07) is 0. The second-order valence-electron chi connectivity index (χ2n) is 6.13. The zero-order valence-corrected chi connectivity index (χ0v) is 13.2. The number of carboxylic acids is 1. The second-order valence-corrected chi connectivity index (χ2v) is 7.09. The van der Waals surface area contributed by atoms with E-state index in [0.29, 0.717) is 11.5 Å². The third kappa shape index (κ3) is 2.46. The highest BCUT2D eigenvalue weighted by atomic mass is 32.1. The Bertz CT molecular complexity index is 547. The Balaban J connectivity index is 2.29. The number of nitrogens with zero attached hydrogens (tertiary/aromatic N) is 1. The van der Waals surface area contributed by atoms with E-state index >= 15 is 0 Å². The van der Waals surface area contributed by atoms with Gasteiger partial charge in [0.1, 0.15) is 5.54 Å². The minimum absolute atomic E-state index is 0.190. The van der Waals surface area contributed by atoms with Crippen LogP contribution in [0.1, 0.15) is 48.0 Å². The highest BCUT2D eigenvalue weighted by Crippen LogP contribution is 2.34. The summed E-state index contributed by atoms with van der Waals surface area (Å²) in [4.78, 5) is 26.5. The molecule has 4 nitrogen and oxygen atoms in total. The van der Waals surface area contributed by atoms with Crippen LogP contribution in [0.2, 0.25) is 0 Å². The lowest BCUT2D eigenvalue weighted by atomic mass is 9.88. The van der Waals surface area contributed by atoms with Gasteiger partial charge in [0.15, 0.2) is 0 Å². The van der Waals surface area contributed by atoms with Crippen LogP contribution < -0.4 is 0 Å². The minimum Gasteiger partial charge on any atom is -0.480 e. The van der Waals surface area contributed by atoms with E-state index in [2.05, 4.69) is 6.92 Å². The Morgan fingerprint density at radius 2 is 2.10 bits per heavy atom. The van der Waals surface area contributed by atoms with Crippen molar-refractivity contribution in [2.75, 3.05) is 7.05 Å². The minimum atomic E-state index is -1.20. The molecule has 1 amide bonds. The van der Waals surface area contributed by atoms with Gasteiger partial charge >= 0.3 is 5.97 Å². The molecule has 1 aliphatic carbocycles. The normalized spacial score (nSPS) is 18.5. The number of hydrogen-bond donors (Lipinski definition) is 1. The molecule has 1 N–H and O–H groups in total. The molecule has 0 aromatic carbocycles. The molecule has 1 aromatic rings. The van der Waals surface area contributed by atoms with Gasteiger partial charge in [0.2, 0.25) is 0 Å². The first-order valence-electron chi connectivity index (χ1n) is 6.86. The van der Waals surface area contributed by atoms with E-state index in [1.165, 1.54) is 9.78 Å². The van der Waals surface area contributed by atoms with Crippen molar-refractivity contribution in [3.8, 4) is 0 Å². The van der Waals surface area contributed by atoms with Gasteiger partial charge in [-0.2, -0.15) is 0 Å². The summed E-state index contributed by atoms with van der Waals surface area (Å²) in [7, 11) is 1.56. The maximum atomic E-state index is 12.6. The molecule has 0 aliphatic heterocycles. The van der Waals surface area contributed by atoms with Crippen LogP contribution in [0.5, 0.6) is 0 Å². The summed E-state index contributed by atoms with van der Waals surface area (Å²) in [5.41, 5.74) is 0.619. The quantitative estimate of drug-likeness (QED) is 0.933. The maximum Gasteiger partial charge on any atom is 0.329 e. The summed E-state index contributed by atoms with van der Waals surface area (Å²) in [5.74, 6) is -0.521. The molecule has 0 saturated carbocycles. The van der Waals surface area contributed by atoms with Gasteiger partial charge in [0.05, 0.1) is 5.56 Å². The molecule has 0 radical (unpaired) electrons. The predicted octanol–water partition coefficient (Wildman–Crippen LogP) is 2.81. The van der Waals surface area contributed by atoms with Crippen LogP contribution in [0.4, 0.5) is 0 Å². The van der Waals surface area contributed by atoms with Gasteiger partial charge in [-0.3, -0.25) is 4.79 Å². The van der Waals surface area contributed by atoms with Crippen LogP contribution >= 0.6 is 11.3 Å². The first kappa shape index (κ1) is 15.0. The smallest absolute Gasteiger partial charge is 0.329 e. The van der Waals surface area contributed by atoms with Crippen LogP contribution in [-0.4, -0.2) is 34.5 Å². The Hall–Kier alpha value is -1.36. The van der Waals surface area contributed by atoms with Crippen LogP contribution in [0, 0.1) is 5.92 Å². The number of fused-ring (bicyclic) bond motifs is 1. The number of amides is 1. The van der Waals surface area contributed by atoms with E-state index in [0.717, 1.165) is 24.8 Å². The van der Waals surface area contributed by atoms with E-state index in [-0.39, 0.29) is 5.91 Å². The number of carbonyl (C=O) groups is 2. The lowest BCUT2D eigenvalue weighted by Gasteiger charge is -2.32. The molecule has 0 bridgehead atoms. The maximum absolute atomic E-state index is 12.6. The van der Waals surface area contributed by atoms with Gasteiger partial charge in [0, 0.05) is 17.3 Å². The Kier molecular flexibility index (Phi) is 3.91. The van der Waals surface area contributed by atoms with Crippen molar-refractivity contribution in [3.63, 3.8) is 0 Å². The number of thiophene rings is 1. The van der Waals surface area contributed by atoms with Crippen molar-refractivity contribution in [1.29, 1.82) is 0 Å². The molecule has 1 aliphatic rings. The van der Waals surface area contributed by atoms with E-state index in [4.69, 9.17) is 0 Å². The molecule has 110 valence electrons. The third-order valence-corrected chi connectivity index (χ3v) is 5.35. The van der Waals surface area contributed by atoms with E-state index in [1.54, 1.807) is 32.2 Å². The standard InChI is InChI=1S/C15H21NO3S/c1-9-5-6-10-11(8-20-12(10)7-9)13(17)16(4)15(2,3)14(18)19/h8-9H,5-7H2,1-4H3,(H,18,19). The summed E-state index contributed by atoms with van der Waals surface area (Å²) >= 11 is 1.63. The molecule has 1 aromatic heterocycles. The van der Waals surface area contributed by atoms with Crippen molar-refractivity contribution in [3.05, 3.63) is 21.4 Å². The number of likely N-dealkylation sites (N-methyl/N-ethyl adjacent to an activating group) is 1. The van der Waals surface area contributed by atoms with E-state index < -0.39 is 11.5 Å². The highest BCUT2D eigenvalue weighted by molar-refractivity contribution is 7.10. The SMILES string of the molecule is CC1CCc2c(C(=O)N(C)C(C)(C)C(=O)O)csc2C1. The van der Waals surface area contributed by atoms with Gasteiger partial charge in [-0.25, -0.2) is 4.79 Å². The van der Waals surface area contributed by atoms with Crippen molar-refractivity contribution < 1.29 is 14.7 Å². The average Bonchev–Trinajstić information content (AvgIpc) is 2.79. The van der Waals surface area contributed by atoms with Crippen LogP contribution in [0.15, 0.2) is 5.38 Å². The van der Waals surface area contributed by atoms with Gasteiger partial charge in [-0.15, -0.1) is 11.3 Å². The van der Waals surface area contributed by atoms with Crippen LogP contribution in [-0.2, 0) is 17.6 Å². The zero-order chi connectivity index (χ0) is 15.1. The Labute approximate surface area is 123 Å². The zero-order valence-electron chi connectivity index (χ0n) is 12.4. The fourth-order valence-corrected chi connectivity index (χ4v) is 3.67. The van der Waals surface area contributed by atoms with Crippen LogP contribution in [0.25, 0.3) is 0 Å². The van der Waals surface area contributed by atoms with Crippen molar-refractivity contribution >= 4 is 23.2 Å². The summed E-state index contributed by atoms with van der Waals surface area (Å²) < 4.78 is 0. The largest absolute Gasteiger partial charge is 0.480 e. The molecule has 0 fully saturated rings. The molecule has 2 rings (SSSR count). The molecule has 0 spiro atoms. The summed E-state index contributed by atoms with van der Waals surface area (Å²) in [6.07, 6.45) is 3.04. The summed E-state index contributed by atoms with van der Waals surface area (Å²) in [6.45, 7) is 5.33. The van der Waals surface area contributed by atoms with Crippen molar-refractivity contribution in [1.82, 2.24) is 4.90 Å². The van der Waals surface area contributed by atoms with Gasteiger partial charge in [0.25, 0.3) is 5.91 Å². The first-order valence-corrected chi connectivity index (χ1v) is 7.74. The number of hydrogen-bond acceptors (Lipinski definition) is 3. The molecule has 20 heavy (non-hydrogen) atoms. The lowest BCUT2D eigenvalue weighted by Crippen LogP contribution is -2.50. The molecule has 1 unspecified atom stereocenters. The number of rotatable bonds is 3. The Morgan fingerprint density at radius 1 is 1.45 bits per heavy atom. The highest BCUT2D eigenvalue weighted by Gasteiger charge is 2.37. The molecule has 1 atom stereocenters. The monoisotopic (exact) mass is 295 g/mol. The van der Waals surface area contributed by atoms with E-state index in [1.807, 2.05) is 5.38 Å². The number of carbonyl (C=O) groups excluding carboxylic acids is 1. The molecule has 1 heterocycles. The lowest BCUT2D eigenvalue weighted by molar-refractivity contribution is -0.147. The van der Waals surface area contributed by atoms with Crippen LogP contribution in [0.3, 0.4) is 0 Å². The second kappa shape index (κ2) is 5.20. The number of carboxylic acid groups (broad SMARTS) is 1. The van der Waals surface area contributed by atoms with Gasteiger partial charge in [-0.1, -0.05) is 6.92 Å². The van der Waals surface area contributed by atoms with Crippen molar-refractivity contribution in [2.45, 2.75) is 45.6 Å². The number of aliphatic carboxylic acids is 1. The van der Waals surface area contributed by atoms with Gasteiger partial charge in [-0.05, 0) is 44.6 Å². The molecular weight excluding hydrogens is 274 g/mol. The fraction of sp³-hybridized carbons (Fsp3) is 0.600. The first-order chi connectivity index (χ1) is 9.25. The fourth-order valence-electron chi connectivity index (χ4n) is 2.43. The van der Waals surface area contributed by atoms with Crippen molar-refractivity contribution in [2.24, 2.45) is 5.92 Å². The third-order valence-electron chi connectivity index (χ3n) is 4.30.